The summed E-state index contributed by atoms with van der Waals surface area (Å²) in [6.07, 6.45) is 0.512. The standard InChI is InChI=1S/C14H20N2O5S2/c15-10(13(18)19)7-22-23-8-11(14(20)21)16-6-5-9-3-1-2-4-12(9)17/h1-4,10-11,16-17H,5-8,15H2,(H,18,19)(H,20,21)/t10-,11-/m0/s1. The van der Waals surface area contributed by atoms with Crippen molar-refractivity contribution in [1.82, 2.24) is 5.32 Å². The summed E-state index contributed by atoms with van der Waals surface area (Å²) < 4.78 is 0. The lowest BCUT2D eigenvalue weighted by Gasteiger charge is -2.14. The van der Waals surface area contributed by atoms with Gasteiger partial charge in [-0.3, -0.25) is 9.59 Å². The quantitative estimate of drug-likeness (QED) is 0.286. The van der Waals surface area contributed by atoms with Crippen molar-refractivity contribution in [2.45, 2.75) is 18.5 Å². The largest absolute Gasteiger partial charge is 0.508 e. The SMILES string of the molecule is N[C@@H](CSSC[C@H](NCCc1ccccc1O)C(=O)O)C(=O)O. The van der Waals surface area contributed by atoms with Crippen molar-refractivity contribution in [2.24, 2.45) is 5.73 Å². The molecule has 0 aliphatic rings. The van der Waals surface area contributed by atoms with Crippen molar-refractivity contribution in [2.75, 3.05) is 18.1 Å². The maximum atomic E-state index is 11.2. The highest BCUT2D eigenvalue weighted by Crippen LogP contribution is 2.22. The van der Waals surface area contributed by atoms with Crippen molar-refractivity contribution in [3.05, 3.63) is 29.8 Å². The van der Waals surface area contributed by atoms with E-state index in [4.69, 9.17) is 15.9 Å². The van der Waals surface area contributed by atoms with E-state index in [9.17, 15) is 14.7 Å². The lowest BCUT2D eigenvalue weighted by atomic mass is 10.1. The zero-order chi connectivity index (χ0) is 17.2. The van der Waals surface area contributed by atoms with Gasteiger partial charge in [-0.15, -0.1) is 0 Å². The fraction of sp³-hybridized carbons (Fsp3) is 0.429. The number of aromatic hydroxyl groups is 1. The number of aliphatic carboxylic acids is 2. The van der Waals surface area contributed by atoms with E-state index in [2.05, 4.69) is 5.32 Å². The molecular weight excluding hydrogens is 340 g/mol. The summed E-state index contributed by atoms with van der Waals surface area (Å²) >= 11 is 0. The molecule has 0 heterocycles. The zero-order valence-electron chi connectivity index (χ0n) is 12.3. The third-order valence-electron chi connectivity index (χ3n) is 2.96. The van der Waals surface area contributed by atoms with Crippen LogP contribution < -0.4 is 11.1 Å². The number of carboxylic acid groups (broad SMARTS) is 2. The highest BCUT2D eigenvalue weighted by atomic mass is 33.1. The Morgan fingerprint density at radius 3 is 2.39 bits per heavy atom. The molecule has 0 saturated carbocycles. The van der Waals surface area contributed by atoms with E-state index >= 15 is 0 Å². The van der Waals surface area contributed by atoms with Crippen LogP contribution in [-0.4, -0.2) is 57.4 Å². The summed E-state index contributed by atoms with van der Waals surface area (Å²) in [5.74, 6) is -1.36. The molecule has 0 aliphatic heterocycles. The van der Waals surface area contributed by atoms with Gasteiger partial charge in [0.2, 0.25) is 0 Å². The molecular formula is C14H20N2O5S2. The number of rotatable bonds is 11. The number of benzene rings is 1. The Bertz CT molecular complexity index is 530. The minimum Gasteiger partial charge on any atom is -0.508 e. The first-order valence-electron chi connectivity index (χ1n) is 6.87. The number of para-hydroxylation sites is 1. The van der Waals surface area contributed by atoms with Gasteiger partial charge in [-0.1, -0.05) is 39.8 Å². The summed E-state index contributed by atoms with van der Waals surface area (Å²) in [7, 11) is 2.50. The van der Waals surface area contributed by atoms with Crippen LogP contribution in [-0.2, 0) is 16.0 Å². The van der Waals surface area contributed by atoms with Gasteiger partial charge < -0.3 is 26.4 Å². The predicted octanol–water partition coefficient (Wildman–Crippen LogP) is 0.771. The second-order valence-corrected chi connectivity index (χ2v) is 7.29. The van der Waals surface area contributed by atoms with E-state index in [-0.39, 0.29) is 17.3 Å². The first-order valence-corrected chi connectivity index (χ1v) is 9.36. The third kappa shape index (κ3) is 7.60. The van der Waals surface area contributed by atoms with Gasteiger partial charge in [0.1, 0.15) is 17.8 Å². The second-order valence-electron chi connectivity index (χ2n) is 4.74. The predicted molar refractivity (Wildman–Crippen MR) is 91.8 cm³/mol. The molecule has 0 spiro atoms. The minimum absolute atomic E-state index is 0.189. The topological polar surface area (TPSA) is 133 Å². The van der Waals surface area contributed by atoms with Crippen LogP contribution in [0.4, 0.5) is 0 Å². The summed E-state index contributed by atoms with van der Waals surface area (Å²) in [4.78, 5) is 21.8. The molecule has 0 saturated heterocycles. The van der Waals surface area contributed by atoms with E-state index in [0.717, 1.165) is 5.56 Å². The summed E-state index contributed by atoms with van der Waals surface area (Å²) in [6.45, 7) is 0.411. The number of hydrogen-bond donors (Lipinski definition) is 5. The number of nitrogens with two attached hydrogens (primary N) is 1. The van der Waals surface area contributed by atoms with Gasteiger partial charge in [-0.05, 0) is 18.1 Å². The molecule has 9 heteroatoms. The minimum atomic E-state index is -1.08. The lowest BCUT2D eigenvalue weighted by molar-refractivity contribution is -0.139. The molecule has 6 N–H and O–H groups in total. The maximum Gasteiger partial charge on any atom is 0.321 e. The molecule has 128 valence electrons. The number of carbonyl (C=O) groups is 2. The molecule has 0 aromatic heterocycles. The van der Waals surface area contributed by atoms with Gasteiger partial charge in [0, 0.05) is 18.1 Å². The first-order chi connectivity index (χ1) is 10.9. The van der Waals surface area contributed by atoms with E-state index in [0.29, 0.717) is 13.0 Å². The van der Waals surface area contributed by atoms with Gasteiger partial charge in [0.15, 0.2) is 0 Å². The second kappa shape index (κ2) is 10.4. The van der Waals surface area contributed by atoms with Crippen molar-refractivity contribution in [3.8, 4) is 5.75 Å². The monoisotopic (exact) mass is 360 g/mol. The highest BCUT2D eigenvalue weighted by molar-refractivity contribution is 8.76. The Labute approximate surface area is 142 Å². The number of carboxylic acids is 2. The van der Waals surface area contributed by atoms with Crippen LogP contribution in [0, 0.1) is 0 Å². The van der Waals surface area contributed by atoms with Gasteiger partial charge in [0.25, 0.3) is 0 Å². The Morgan fingerprint density at radius 2 is 1.78 bits per heavy atom. The van der Waals surface area contributed by atoms with E-state index in [1.807, 2.05) is 6.07 Å². The molecule has 0 fully saturated rings. The molecule has 0 aliphatic carbocycles. The van der Waals surface area contributed by atoms with Crippen LogP contribution in [0.3, 0.4) is 0 Å². The van der Waals surface area contributed by atoms with E-state index in [1.54, 1.807) is 18.2 Å². The fourth-order valence-electron chi connectivity index (χ4n) is 1.63. The normalized spacial score (nSPS) is 13.4. The Hall–Kier alpha value is -1.42. The highest BCUT2D eigenvalue weighted by Gasteiger charge is 2.18. The fourth-order valence-corrected chi connectivity index (χ4v) is 3.93. The maximum absolute atomic E-state index is 11.2. The summed E-state index contributed by atoms with van der Waals surface area (Å²) in [6, 6.07) is 5.20. The number of phenols is 1. The van der Waals surface area contributed by atoms with Crippen molar-refractivity contribution >= 4 is 33.5 Å². The van der Waals surface area contributed by atoms with Gasteiger partial charge in [0.05, 0.1) is 0 Å². The smallest absolute Gasteiger partial charge is 0.321 e. The molecule has 0 unspecified atom stereocenters. The van der Waals surface area contributed by atoms with Crippen LogP contribution in [0.25, 0.3) is 0 Å². The molecule has 0 amide bonds. The zero-order valence-corrected chi connectivity index (χ0v) is 14.0. The van der Waals surface area contributed by atoms with Crippen LogP contribution in [0.5, 0.6) is 5.75 Å². The first kappa shape index (κ1) is 19.6. The molecule has 23 heavy (non-hydrogen) atoms. The van der Waals surface area contributed by atoms with Crippen molar-refractivity contribution < 1.29 is 24.9 Å². The number of nitrogens with one attached hydrogen (secondary N) is 1. The van der Waals surface area contributed by atoms with Crippen molar-refractivity contribution in [3.63, 3.8) is 0 Å². The Morgan fingerprint density at radius 1 is 1.13 bits per heavy atom. The van der Waals surface area contributed by atoms with Gasteiger partial charge in [-0.2, -0.15) is 0 Å². The van der Waals surface area contributed by atoms with E-state index < -0.39 is 24.0 Å². The molecule has 7 nitrogen and oxygen atoms in total. The van der Waals surface area contributed by atoms with E-state index in [1.165, 1.54) is 21.6 Å². The van der Waals surface area contributed by atoms with Gasteiger partial charge >= 0.3 is 11.9 Å². The molecule has 0 bridgehead atoms. The molecule has 0 radical (unpaired) electrons. The number of hydrogen-bond acceptors (Lipinski definition) is 7. The summed E-state index contributed by atoms with van der Waals surface area (Å²) in [5.41, 5.74) is 6.11. The van der Waals surface area contributed by atoms with Gasteiger partial charge in [-0.25, -0.2) is 0 Å². The molecule has 2 atom stereocenters. The molecule has 1 rings (SSSR count). The van der Waals surface area contributed by atoms with Crippen molar-refractivity contribution in [1.29, 1.82) is 0 Å². The molecule has 1 aromatic rings. The third-order valence-corrected chi connectivity index (χ3v) is 5.41. The average molecular weight is 360 g/mol. The Kier molecular flexibility index (Phi) is 8.85. The van der Waals surface area contributed by atoms with Crippen LogP contribution in [0.2, 0.25) is 0 Å². The Balaban J connectivity index is 2.31. The average Bonchev–Trinajstić information content (AvgIpc) is 2.50. The summed E-state index contributed by atoms with van der Waals surface area (Å²) in [5, 5.41) is 30.4. The van der Waals surface area contributed by atoms with Crippen LogP contribution in [0.15, 0.2) is 24.3 Å². The molecule has 1 aromatic carbocycles. The number of phenolic OH excluding ortho intramolecular Hbond substituents is 1. The van der Waals surface area contributed by atoms with Crippen LogP contribution >= 0.6 is 21.6 Å². The van der Waals surface area contributed by atoms with Crippen LogP contribution in [0.1, 0.15) is 5.56 Å². The lowest BCUT2D eigenvalue weighted by Crippen LogP contribution is -2.39.